The maximum Gasteiger partial charge on any atom is 0.330 e. The second kappa shape index (κ2) is 4.96. The molecule has 1 rings (SSSR count). The molecule has 1 aromatic rings. The lowest BCUT2D eigenvalue weighted by molar-refractivity contribution is -0.134. The van der Waals surface area contributed by atoms with Crippen LogP contribution in [0.15, 0.2) is 23.6 Å². The van der Waals surface area contributed by atoms with Crippen molar-refractivity contribution in [3.63, 3.8) is 0 Å². The van der Waals surface area contributed by atoms with Gasteiger partial charge in [-0.25, -0.2) is 4.79 Å². The van der Waals surface area contributed by atoms with Gasteiger partial charge >= 0.3 is 5.97 Å². The second-order valence-corrected chi connectivity index (χ2v) is 4.20. The number of hydrogen-bond donors (Lipinski definition) is 0. The van der Waals surface area contributed by atoms with Gasteiger partial charge in [-0.1, -0.05) is 19.9 Å². The maximum absolute atomic E-state index is 11.1. The van der Waals surface area contributed by atoms with Gasteiger partial charge in [-0.3, -0.25) is 0 Å². The van der Waals surface area contributed by atoms with E-state index in [4.69, 9.17) is 0 Å². The van der Waals surface area contributed by atoms with Gasteiger partial charge in [-0.2, -0.15) is 0 Å². The van der Waals surface area contributed by atoms with Crippen LogP contribution >= 0.6 is 11.3 Å². The molecule has 0 spiro atoms. The Hall–Kier alpha value is -1.09. The molecule has 0 fully saturated rings. The quantitative estimate of drug-likeness (QED) is 0.566. The number of thiophene rings is 1. The highest BCUT2D eigenvalue weighted by Crippen LogP contribution is 2.26. The summed E-state index contributed by atoms with van der Waals surface area (Å²) in [5.74, 6) is 0.0369. The monoisotopic (exact) mass is 210 g/mol. The van der Waals surface area contributed by atoms with Crippen LogP contribution in [0.25, 0.3) is 5.57 Å². The molecule has 0 amide bonds. The smallest absolute Gasteiger partial charge is 0.330 e. The van der Waals surface area contributed by atoms with E-state index in [-0.39, 0.29) is 5.97 Å². The first-order chi connectivity index (χ1) is 6.65. The van der Waals surface area contributed by atoms with Crippen molar-refractivity contribution in [2.75, 3.05) is 7.11 Å². The molecule has 2 nitrogen and oxygen atoms in total. The summed E-state index contributed by atoms with van der Waals surface area (Å²) in [6.45, 7) is 4.13. The summed E-state index contributed by atoms with van der Waals surface area (Å²) >= 11 is 1.64. The van der Waals surface area contributed by atoms with E-state index in [1.165, 1.54) is 7.11 Å². The fourth-order valence-electron chi connectivity index (χ4n) is 1.15. The third kappa shape index (κ3) is 2.70. The molecule has 1 heterocycles. The van der Waals surface area contributed by atoms with Crippen LogP contribution in [0.3, 0.4) is 0 Å². The number of hydrogen-bond acceptors (Lipinski definition) is 3. The molecule has 0 atom stereocenters. The summed E-state index contributed by atoms with van der Waals surface area (Å²) in [5, 5.41) is 2.00. The van der Waals surface area contributed by atoms with Gasteiger partial charge in [-0.05, 0) is 22.9 Å². The normalized spacial score (nSPS) is 11.9. The highest BCUT2D eigenvalue weighted by molar-refractivity contribution is 7.11. The largest absolute Gasteiger partial charge is 0.466 e. The molecule has 0 unspecified atom stereocenters. The molecule has 14 heavy (non-hydrogen) atoms. The molecular weight excluding hydrogens is 196 g/mol. The zero-order valence-electron chi connectivity index (χ0n) is 8.61. The Bertz CT molecular complexity index is 323. The Kier molecular flexibility index (Phi) is 3.89. The zero-order valence-corrected chi connectivity index (χ0v) is 9.43. The summed E-state index contributed by atoms with van der Waals surface area (Å²) in [6, 6.07) is 3.99. The van der Waals surface area contributed by atoms with Crippen LogP contribution in [0.5, 0.6) is 0 Å². The molecule has 0 bridgehead atoms. The Labute approximate surface area is 88.2 Å². The summed E-state index contributed by atoms with van der Waals surface area (Å²) in [5.41, 5.74) is 1.03. The first kappa shape index (κ1) is 11.0. The molecule has 0 radical (unpaired) electrons. The topological polar surface area (TPSA) is 26.3 Å². The minimum atomic E-state index is -0.290. The van der Waals surface area contributed by atoms with Gasteiger partial charge in [-0.15, -0.1) is 11.3 Å². The van der Waals surface area contributed by atoms with Gasteiger partial charge in [0.1, 0.15) is 0 Å². The lowest BCUT2D eigenvalue weighted by atomic mass is 10.0. The molecule has 0 N–H and O–H groups in total. The van der Waals surface area contributed by atoms with Crippen LogP contribution in [0.1, 0.15) is 18.7 Å². The lowest BCUT2D eigenvalue weighted by Crippen LogP contribution is -2.00. The van der Waals surface area contributed by atoms with Crippen molar-refractivity contribution in [1.29, 1.82) is 0 Å². The van der Waals surface area contributed by atoms with Crippen LogP contribution in [0.4, 0.5) is 0 Å². The SMILES string of the molecule is COC(=O)/C=C(\c1cccs1)C(C)C. The predicted octanol–water partition coefficient (Wildman–Crippen LogP) is 2.96. The number of carbonyl (C=O) groups excluding carboxylic acids is 1. The second-order valence-electron chi connectivity index (χ2n) is 3.25. The Balaban J connectivity index is 2.97. The molecule has 0 aliphatic heterocycles. The van der Waals surface area contributed by atoms with Crippen molar-refractivity contribution >= 4 is 22.9 Å². The van der Waals surface area contributed by atoms with Crippen molar-refractivity contribution in [3.05, 3.63) is 28.5 Å². The Morgan fingerprint density at radius 3 is 2.71 bits per heavy atom. The van der Waals surface area contributed by atoms with E-state index in [0.717, 1.165) is 10.5 Å². The van der Waals surface area contributed by atoms with Gasteiger partial charge in [0.25, 0.3) is 0 Å². The number of ether oxygens (including phenoxy) is 1. The van der Waals surface area contributed by atoms with Crippen LogP contribution < -0.4 is 0 Å². The highest BCUT2D eigenvalue weighted by atomic mass is 32.1. The fraction of sp³-hybridized carbons (Fsp3) is 0.364. The number of carbonyl (C=O) groups is 1. The van der Waals surface area contributed by atoms with Crippen molar-refractivity contribution in [1.82, 2.24) is 0 Å². The van der Waals surface area contributed by atoms with Crippen molar-refractivity contribution in [2.24, 2.45) is 5.92 Å². The summed E-state index contributed by atoms with van der Waals surface area (Å²) in [7, 11) is 1.39. The van der Waals surface area contributed by atoms with E-state index in [2.05, 4.69) is 18.6 Å². The minimum Gasteiger partial charge on any atom is -0.466 e. The van der Waals surface area contributed by atoms with Gasteiger partial charge in [0.2, 0.25) is 0 Å². The molecule has 1 aromatic heterocycles. The molecule has 0 aromatic carbocycles. The van der Waals surface area contributed by atoms with E-state index in [1.807, 2.05) is 17.5 Å². The maximum atomic E-state index is 11.1. The molecular formula is C11H14O2S. The van der Waals surface area contributed by atoms with E-state index in [0.29, 0.717) is 5.92 Å². The molecule has 0 saturated heterocycles. The third-order valence-corrected chi connectivity index (χ3v) is 2.82. The lowest BCUT2D eigenvalue weighted by Gasteiger charge is -2.08. The summed E-state index contributed by atoms with van der Waals surface area (Å²) in [6.07, 6.45) is 1.57. The number of allylic oxidation sites excluding steroid dienone is 1. The van der Waals surface area contributed by atoms with Gasteiger partial charge in [0.05, 0.1) is 7.11 Å². The van der Waals surface area contributed by atoms with Gasteiger partial charge in [0.15, 0.2) is 0 Å². The standard InChI is InChI=1S/C11H14O2S/c1-8(2)9(7-11(12)13-3)10-5-4-6-14-10/h4-8H,1-3H3/b9-7-. The van der Waals surface area contributed by atoms with Crippen LogP contribution in [0, 0.1) is 5.92 Å². The summed E-state index contributed by atoms with van der Waals surface area (Å²) < 4.78 is 4.62. The van der Waals surface area contributed by atoms with E-state index >= 15 is 0 Å². The minimum absolute atomic E-state index is 0.290. The highest BCUT2D eigenvalue weighted by Gasteiger charge is 2.09. The average molecular weight is 210 g/mol. The zero-order chi connectivity index (χ0) is 10.6. The predicted molar refractivity (Wildman–Crippen MR) is 59.2 cm³/mol. The molecule has 3 heteroatoms. The van der Waals surface area contributed by atoms with Crippen molar-refractivity contribution < 1.29 is 9.53 Å². The third-order valence-electron chi connectivity index (χ3n) is 1.90. The first-order valence-corrected chi connectivity index (χ1v) is 5.36. The van der Waals surface area contributed by atoms with Crippen LogP contribution in [-0.2, 0) is 9.53 Å². The van der Waals surface area contributed by atoms with Crippen molar-refractivity contribution in [2.45, 2.75) is 13.8 Å². The fourth-order valence-corrected chi connectivity index (χ4v) is 2.04. The van der Waals surface area contributed by atoms with Gasteiger partial charge < -0.3 is 4.74 Å². The Morgan fingerprint density at radius 2 is 2.29 bits per heavy atom. The average Bonchev–Trinajstić information content (AvgIpc) is 2.65. The summed E-state index contributed by atoms with van der Waals surface area (Å²) in [4.78, 5) is 12.3. The van der Waals surface area contributed by atoms with Crippen LogP contribution in [0.2, 0.25) is 0 Å². The van der Waals surface area contributed by atoms with E-state index in [1.54, 1.807) is 17.4 Å². The van der Waals surface area contributed by atoms with Crippen molar-refractivity contribution in [3.8, 4) is 0 Å². The molecule has 0 aliphatic carbocycles. The van der Waals surface area contributed by atoms with E-state index in [9.17, 15) is 4.79 Å². The number of methoxy groups -OCH3 is 1. The molecule has 0 saturated carbocycles. The Morgan fingerprint density at radius 1 is 1.57 bits per heavy atom. The molecule has 76 valence electrons. The molecule has 0 aliphatic rings. The van der Waals surface area contributed by atoms with Crippen LogP contribution in [-0.4, -0.2) is 13.1 Å². The number of esters is 1. The van der Waals surface area contributed by atoms with E-state index < -0.39 is 0 Å². The number of rotatable bonds is 3. The first-order valence-electron chi connectivity index (χ1n) is 4.48. The van der Waals surface area contributed by atoms with Gasteiger partial charge in [0, 0.05) is 11.0 Å².